The van der Waals surface area contributed by atoms with E-state index in [1.54, 1.807) is 24.4 Å². The molecule has 21 heavy (non-hydrogen) atoms. The lowest BCUT2D eigenvalue weighted by atomic mass is 10.1. The minimum Gasteiger partial charge on any atom is -0.489 e. The van der Waals surface area contributed by atoms with Crippen molar-refractivity contribution in [2.24, 2.45) is 5.73 Å². The number of fused-ring (bicyclic) bond motifs is 1. The third-order valence-corrected chi connectivity index (χ3v) is 3.49. The van der Waals surface area contributed by atoms with Crippen molar-refractivity contribution in [3.05, 3.63) is 29.6 Å². The molecule has 1 amide bonds. The molecule has 0 atom stereocenters. The summed E-state index contributed by atoms with van der Waals surface area (Å²) < 4.78 is 7.49. The Kier molecular flexibility index (Phi) is 3.13. The van der Waals surface area contributed by atoms with Crippen LogP contribution in [0.5, 0.6) is 5.75 Å². The first-order valence-corrected chi connectivity index (χ1v) is 7.02. The van der Waals surface area contributed by atoms with Crippen molar-refractivity contribution < 1.29 is 14.6 Å². The molecule has 0 unspecified atom stereocenters. The maximum absolute atomic E-state index is 11.4. The molecule has 0 aliphatic heterocycles. The molecule has 1 fully saturated rings. The van der Waals surface area contributed by atoms with E-state index in [2.05, 4.69) is 5.10 Å². The third kappa shape index (κ3) is 2.71. The van der Waals surface area contributed by atoms with Crippen LogP contribution < -0.4 is 10.5 Å². The zero-order chi connectivity index (χ0) is 15.2. The van der Waals surface area contributed by atoms with Gasteiger partial charge < -0.3 is 15.6 Å². The second-order valence-electron chi connectivity index (χ2n) is 6.18. The number of nitrogens with zero attached hydrogens (tertiary/aromatic N) is 2. The highest BCUT2D eigenvalue weighted by Crippen LogP contribution is 2.44. The first-order chi connectivity index (χ1) is 9.87. The summed E-state index contributed by atoms with van der Waals surface area (Å²) in [7, 11) is 0. The van der Waals surface area contributed by atoms with Crippen LogP contribution in [-0.4, -0.2) is 32.8 Å². The van der Waals surface area contributed by atoms with E-state index in [0.29, 0.717) is 22.7 Å². The summed E-state index contributed by atoms with van der Waals surface area (Å²) in [6.45, 7) is 3.59. The zero-order valence-electron chi connectivity index (χ0n) is 12.2. The van der Waals surface area contributed by atoms with E-state index in [4.69, 9.17) is 10.5 Å². The molecule has 1 aliphatic carbocycles. The third-order valence-electron chi connectivity index (χ3n) is 3.49. The molecule has 0 radical (unpaired) electrons. The van der Waals surface area contributed by atoms with Crippen LogP contribution in [0.4, 0.5) is 0 Å². The van der Waals surface area contributed by atoms with Gasteiger partial charge >= 0.3 is 0 Å². The summed E-state index contributed by atoms with van der Waals surface area (Å²) in [5.41, 5.74) is 6.51. The van der Waals surface area contributed by atoms with Crippen molar-refractivity contribution in [2.75, 3.05) is 6.61 Å². The van der Waals surface area contributed by atoms with Gasteiger partial charge in [0.05, 0.1) is 28.6 Å². The van der Waals surface area contributed by atoms with Crippen LogP contribution in [0.1, 0.15) is 48.7 Å². The minimum absolute atomic E-state index is 0.197. The van der Waals surface area contributed by atoms with Crippen LogP contribution >= 0.6 is 0 Å². The van der Waals surface area contributed by atoms with E-state index >= 15 is 0 Å². The van der Waals surface area contributed by atoms with E-state index in [1.165, 1.54) is 6.20 Å². The van der Waals surface area contributed by atoms with Gasteiger partial charge in [0.1, 0.15) is 12.4 Å². The summed E-state index contributed by atoms with van der Waals surface area (Å²) in [5, 5.41) is 14.1. The average Bonchev–Trinajstić information content (AvgIpc) is 3.12. The highest BCUT2D eigenvalue weighted by atomic mass is 16.5. The van der Waals surface area contributed by atoms with Crippen LogP contribution in [0.25, 0.3) is 5.52 Å². The molecule has 3 N–H and O–H groups in total. The topological polar surface area (TPSA) is 89.9 Å². The summed E-state index contributed by atoms with van der Waals surface area (Å²) >= 11 is 0. The van der Waals surface area contributed by atoms with Gasteiger partial charge in [0.25, 0.3) is 5.91 Å². The normalized spacial score (nSPS) is 15.4. The number of amides is 1. The monoisotopic (exact) mass is 289 g/mol. The molecule has 0 saturated heterocycles. The Labute approximate surface area is 122 Å². The fourth-order valence-electron chi connectivity index (χ4n) is 2.35. The quantitative estimate of drug-likeness (QED) is 0.872. The van der Waals surface area contributed by atoms with Crippen LogP contribution in [0, 0.1) is 0 Å². The second kappa shape index (κ2) is 4.73. The van der Waals surface area contributed by atoms with Gasteiger partial charge in [-0.3, -0.25) is 4.79 Å². The Morgan fingerprint density at radius 2 is 2.24 bits per heavy atom. The molecule has 6 nitrogen and oxygen atoms in total. The first kappa shape index (κ1) is 13.9. The molecule has 0 spiro atoms. The van der Waals surface area contributed by atoms with Gasteiger partial charge in [-0.25, -0.2) is 4.52 Å². The van der Waals surface area contributed by atoms with Crippen molar-refractivity contribution in [2.45, 2.75) is 38.2 Å². The molecule has 112 valence electrons. The fraction of sp³-hybridized carbons (Fsp3) is 0.467. The van der Waals surface area contributed by atoms with E-state index < -0.39 is 11.5 Å². The van der Waals surface area contributed by atoms with Gasteiger partial charge in [-0.05, 0) is 38.8 Å². The number of pyridine rings is 1. The second-order valence-corrected chi connectivity index (χ2v) is 6.18. The van der Waals surface area contributed by atoms with Crippen LogP contribution in [0.2, 0.25) is 0 Å². The number of rotatable bonds is 5. The Hall–Kier alpha value is -2.08. The summed E-state index contributed by atoms with van der Waals surface area (Å²) in [6, 6.07) is 3.60. The number of carbonyl (C=O) groups is 1. The largest absolute Gasteiger partial charge is 0.489 e. The van der Waals surface area contributed by atoms with Gasteiger partial charge in [0, 0.05) is 5.92 Å². The van der Waals surface area contributed by atoms with Crippen molar-refractivity contribution in [1.29, 1.82) is 0 Å². The molecule has 6 heteroatoms. The predicted molar refractivity (Wildman–Crippen MR) is 77.5 cm³/mol. The average molecular weight is 289 g/mol. The fourth-order valence-corrected chi connectivity index (χ4v) is 2.35. The number of ether oxygens (including phenoxy) is 1. The van der Waals surface area contributed by atoms with Gasteiger partial charge in [0.2, 0.25) is 0 Å². The molecular formula is C15H19N3O3. The Morgan fingerprint density at radius 3 is 2.81 bits per heavy atom. The number of aliphatic hydroxyl groups is 1. The zero-order valence-corrected chi connectivity index (χ0v) is 12.2. The summed E-state index contributed by atoms with van der Waals surface area (Å²) in [6.07, 6.45) is 3.64. The van der Waals surface area contributed by atoms with E-state index in [9.17, 15) is 9.90 Å². The molecule has 0 aromatic carbocycles. The molecule has 0 bridgehead atoms. The molecule has 1 aliphatic rings. The van der Waals surface area contributed by atoms with Crippen molar-refractivity contribution in [1.82, 2.24) is 9.61 Å². The van der Waals surface area contributed by atoms with Gasteiger partial charge in [0.15, 0.2) is 0 Å². The number of primary amides is 1. The van der Waals surface area contributed by atoms with E-state index in [-0.39, 0.29) is 6.61 Å². The van der Waals surface area contributed by atoms with Crippen molar-refractivity contribution >= 4 is 11.4 Å². The molecule has 1 saturated carbocycles. The standard InChI is InChI=1S/C15H19N3O3/c1-15(2,20)8-21-12-6-5-11-10(14(16)19)7-17-18(11)13(12)9-3-4-9/h5-7,9,20H,3-4,8H2,1-2H3,(H2,16,19). The Bertz CT molecular complexity index is 696. The van der Waals surface area contributed by atoms with Crippen molar-refractivity contribution in [3.8, 4) is 5.75 Å². The molecular weight excluding hydrogens is 270 g/mol. The van der Waals surface area contributed by atoms with Crippen LogP contribution in [-0.2, 0) is 0 Å². The van der Waals surface area contributed by atoms with Gasteiger partial charge in [-0.2, -0.15) is 5.10 Å². The van der Waals surface area contributed by atoms with Crippen LogP contribution in [0.3, 0.4) is 0 Å². The maximum Gasteiger partial charge on any atom is 0.252 e. The molecule has 3 rings (SSSR count). The molecule has 2 aromatic rings. The SMILES string of the molecule is CC(C)(O)COc1ccc2c(C(N)=O)cnn2c1C1CC1. The van der Waals surface area contributed by atoms with E-state index in [0.717, 1.165) is 18.5 Å². The maximum atomic E-state index is 11.4. The number of carbonyl (C=O) groups excluding carboxylic acids is 1. The smallest absolute Gasteiger partial charge is 0.252 e. The predicted octanol–water partition coefficient (Wildman–Crippen LogP) is 1.46. The Morgan fingerprint density at radius 1 is 1.52 bits per heavy atom. The highest BCUT2D eigenvalue weighted by Gasteiger charge is 2.31. The lowest BCUT2D eigenvalue weighted by molar-refractivity contribution is 0.0279. The Balaban J connectivity index is 2.05. The summed E-state index contributed by atoms with van der Waals surface area (Å²) in [5.74, 6) is 0.592. The lowest BCUT2D eigenvalue weighted by Crippen LogP contribution is -2.28. The van der Waals surface area contributed by atoms with Crippen LogP contribution in [0.15, 0.2) is 18.3 Å². The summed E-state index contributed by atoms with van der Waals surface area (Å²) in [4.78, 5) is 11.4. The number of nitrogens with two attached hydrogens (primary N) is 1. The molecule has 2 heterocycles. The van der Waals surface area contributed by atoms with Gasteiger partial charge in [-0.15, -0.1) is 0 Å². The number of hydrogen-bond acceptors (Lipinski definition) is 4. The van der Waals surface area contributed by atoms with E-state index in [1.807, 2.05) is 6.07 Å². The first-order valence-electron chi connectivity index (χ1n) is 7.02. The minimum atomic E-state index is -0.904. The molecule has 2 aromatic heterocycles. The number of aromatic nitrogens is 2. The lowest BCUT2D eigenvalue weighted by Gasteiger charge is -2.20. The number of hydrogen-bond donors (Lipinski definition) is 2. The van der Waals surface area contributed by atoms with Crippen molar-refractivity contribution in [3.63, 3.8) is 0 Å². The highest BCUT2D eigenvalue weighted by molar-refractivity contribution is 5.99. The van der Waals surface area contributed by atoms with Gasteiger partial charge in [-0.1, -0.05) is 0 Å².